The Labute approximate surface area is 155 Å². The number of anilines is 2. The number of carbonyl (C=O) groups excluding carboxylic acids is 1. The number of halogens is 5. The van der Waals surface area contributed by atoms with Gasteiger partial charge in [-0.15, -0.1) is 0 Å². The summed E-state index contributed by atoms with van der Waals surface area (Å²) in [6.45, 7) is 1.33. The van der Waals surface area contributed by atoms with E-state index in [4.69, 9.17) is 10.5 Å². The van der Waals surface area contributed by atoms with Crippen LogP contribution in [0.1, 0.15) is 18.4 Å². The van der Waals surface area contributed by atoms with E-state index in [-0.39, 0.29) is 17.1 Å². The second-order valence-electron chi connectivity index (χ2n) is 6.27. The van der Waals surface area contributed by atoms with E-state index in [0.717, 1.165) is 6.07 Å². The van der Waals surface area contributed by atoms with Gasteiger partial charge in [-0.25, -0.2) is 18.6 Å². The second kappa shape index (κ2) is 7.13. The van der Waals surface area contributed by atoms with Gasteiger partial charge in [-0.3, -0.25) is 5.32 Å². The van der Waals surface area contributed by atoms with Gasteiger partial charge in [0.05, 0.1) is 0 Å². The molecular weight excluding hydrogens is 387 g/mol. The molecule has 1 aromatic carbocycles. The Balaban J connectivity index is 1.82. The van der Waals surface area contributed by atoms with Gasteiger partial charge in [0.15, 0.2) is 17.6 Å². The molecule has 0 aliphatic carbocycles. The number of hydrogen-bond donors (Lipinski definition) is 3. The lowest BCUT2D eigenvalue weighted by Gasteiger charge is -2.29. The van der Waals surface area contributed by atoms with Crippen LogP contribution in [-0.2, 0) is 0 Å². The molecule has 2 unspecified atom stereocenters. The molecule has 2 heterocycles. The Kier molecular flexibility index (Phi) is 5.01. The van der Waals surface area contributed by atoms with Crippen LogP contribution < -0.4 is 21.1 Å². The SMILES string of the molecule is CC1c2cc(F)cc(F)c2OC1[C@@H](NC(=O)Nc1cc(N)ccn1)C(F)(F)F. The topological polar surface area (TPSA) is 89.3 Å². The first-order valence-corrected chi connectivity index (χ1v) is 8.07. The number of nitrogens with one attached hydrogen (secondary N) is 2. The normalized spacial score (nSPS) is 19.5. The Hall–Kier alpha value is -3.11. The van der Waals surface area contributed by atoms with Crippen molar-refractivity contribution in [2.75, 3.05) is 11.1 Å². The molecule has 0 spiro atoms. The molecule has 0 fully saturated rings. The van der Waals surface area contributed by atoms with Crippen molar-refractivity contribution in [3.8, 4) is 5.75 Å². The van der Waals surface area contributed by atoms with Crippen molar-refractivity contribution in [3.63, 3.8) is 0 Å². The molecule has 6 nitrogen and oxygen atoms in total. The third-order valence-corrected chi connectivity index (χ3v) is 4.27. The van der Waals surface area contributed by atoms with E-state index in [1.165, 1.54) is 25.3 Å². The highest BCUT2D eigenvalue weighted by atomic mass is 19.4. The molecule has 4 N–H and O–H groups in total. The highest BCUT2D eigenvalue weighted by molar-refractivity contribution is 5.89. The zero-order valence-corrected chi connectivity index (χ0v) is 14.3. The van der Waals surface area contributed by atoms with Crippen LogP contribution >= 0.6 is 0 Å². The number of fused-ring (bicyclic) bond motifs is 1. The smallest absolute Gasteiger partial charge is 0.412 e. The number of amides is 2. The molecule has 11 heteroatoms. The van der Waals surface area contributed by atoms with Gasteiger partial charge < -0.3 is 15.8 Å². The summed E-state index contributed by atoms with van der Waals surface area (Å²) in [5.41, 5.74) is 5.72. The standard InChI is InChI=1S/C17H15F5N4O2/c1-7-10-4-8(18)5-11(19)14(10)28-13(7)15(17(20,21)22)26-16(27)25-12-6-9(23)2-3-24-12/h2-7,13,15H,1H3,(H4,23,24,25,26,27)/t7?,13?,15-/m1/s1. The Morgan fingerprint density at radius 1 is 1.29 bits per heavy atom. The first-order chi connectivity index (χ1) is 13.1. The van der Waals surface area contributed by atoms with Gasteiger partial charge in [-0.05, 0) is 12.1 Å². The number of alkyl halides is 3. The maximum Gasteiger partial charge on any atom is 0.412 e. The predicted molar refractivity (Wildman–Crippen MR) is 89.8 cm³/mol. The molecule has 2 amide bonds. The van der Waals surface area contributed by atoms with Gasteiger partial charge in [0.25, 0.3) is 0 Å². The summed E-state index contributed by atoms with van der Waals surface area (Å²) in [5, 5.41) is 3.90. The molecule has 1 aliphatic heterocycles. The molecule has 150 valence electrons. The van der Waals surface area contributed by atoms with Crippen molar-refractivity contribution >= 4 is 17.5 Å². The number of benzene rings is 1. The monoisotopic (exact) mass is 402 g/mol. The maximum atomic E-state index is 13.9. The Morgan fingerprint density at radius 2 is 2.00 bits per heavy atom. The van der Waals surface area contributed by atoms with Crippen molar-refractivity contribution in [2.24, 2.45) is 0 Å². The summed E-state index contributed by atoms with van der Waals surface area (Å²) in [5.74, 6) is -3.60. The number of ether oxygens (including phenoxy) is 1. The molecule has 3 atom stereocenters. The van der Waals surface area contributed by atoms with Crippen LogP contribution in [0.15, 0.2) is 30.5 Å². The van der Waals surface area contributed by atoms with Crippen LogP contribution in [0.5, 0.6) is 5.75 Å². The number of nitrogens with two attached hydrogens (primary N) is 1. The number of rotatable bonds is 3. The van der Waals surface area contributed by atoms with Crippen LogP contribution in [0.3, 0.4) is 0 Å². The third-order valence-electron chi connectivity index (χ3n) is 4.27. The fourth-order valence-electron chi connectivity index (χ4n) is 2.97. The summed E-state index contributed by atoms with van der Waals surface area (Å²) in [6.07, 6.45) is -5.34. The van der Waals surface area contributed by atoms with Gasteiger partial charge in [0.2, 0.25) is 0 Å². The molecule has 0 saturated carbocycles. The average molecular weight is 402 g/mol. The summed E-state index contributed by atoms with van der Waals surface area (Å²) in [4.78, 5) is 15.8. The highest BCUT2D eigenvalue weighted by Crippen LogP contribution is 2.43. The van der Waals surface area contributed by atoms with E-state index in [1.807, 2.05) is 0 Å². The van der Waals surface area contributed by atoms with E-state index in [1.54, 1.807) is 5.32 Å². The molecule has 0 saturated heterocycles. The fraction of sp³-hybridized carbons (Fsp3) is 0.294. The molecule has 28 heavy (non-hydrogen) atoms. The summed E-state index contributed by atoms with van der Waals surface area (Å²) in [6, 6.07) is 0.415. The Morgan fingerprint density at radius 3 is 2.64 bits per heavy atom. The number of hydrogen-bond acceptors (Lipinski definition) is 4. The van der Waals surface area contributed by atoms with Crippen LogP contribution in [0.2, 0.25) is 0 Å². The van der Waals surface area contributed by atoms with Gasteiger partial charge in [0.1, 0.15) is 17.7 Å². The van der Waals surface area contributed by atoms with Gasteiger partial charge in [0, 0.05) is 35.5 Å². The lowest BCUT2D eigenvalue weighted by Crippen LogP contribution is -2.56. The lowest BCUT2D eigenvalue weighted by atomic mass is 9.92. The van der Waals surface area contributed by atoms with Crippen LogP contribution in [0, 0.1) is 11.6 Å². The summed E-state index contributed by atoms with van der Waals surface area (Å²) < 4.78 is 73.2. The minimum Gasteiger partial charge on any atom is -0.484 e. The minimum absolute atomic E-state index is 0.0449. The van der Waals surface area contributed by atoms with Gasteiger partial charge >= 0.3 is 12.2 Å². The number of nitrogen functional groups attached to an aromatic ring is 1. The van der Waals surface area contributed by atoms with Crippen molar-refractivity contribution in [3.05, 3.63) is 47.7 Å². The van der Waals surface area contributed by atoms with Crippen molar-refractivity contribution in [1.29, 1.82) is 0 Å². The zero-order chi connectivity index (χ0) is 20.6. The molecule has 3 rings (SSSR count). The number of pyridine rings is 1. The predicted octanol–water partition coefficient (Wildman–Crippen LogP) is 3.56. The first-order valence-electron chi connectivity index (χ1n) is 8.07. The largest absolute Gasteiger partial charge is 0.484 e. The second-order valence-corrected chi connectivity index (χ2v) is 6.27. The number of urea groups is 1. The van der Waals surface area contributed by atoms with Crippen LogP contribution in [0.4, 0.5) is 38.3 Å². The van der Waals surface area contributed by atoms with E-state index in [9.17, 15) is 26.7 Å². The van der Waals surface area contributed by atoms with Crippen LogP contribution in [-0.4, -0.2) is 29.3 Å². The summed E-state index contributed by atoms with van der Waals surface area (Å²) >= 11 is 0. The van der Waals surface area contributed by atoms with Crippen molar-refractivity contribution < 1.29 is 31.5 Å². The van der Waals surface area contributed by atoms with Gasteiger partial charge in [-0.2, -0.15) is 13.2 Å². The Bertz CT molecular complexity index is 906. The summed E-state index contributed by atoms with van der Waals surface area (Å²) in [7, 11) is 0. The maximum absolute atomic E-state index is 13.9. The molecular formula is C17H15F5N4O2. The molecule has 1 aromatic heterocycles. The van der Waals surface area contributed by atoms with E-state index >= 15 is 0 Å². The first kappa shape index (κ1) is 19.6. The number of carbonyl (C=O) groups is 1. The van der Waals surface area contributed by atoms with Crippen molar-refractivity contribution in [1.82, 2.24) is 10.3 Å². The third kappa shape index (κ3) is 3.92. The zero-order valence-electron chi connectivity index (χ0n) is 14.3. The number of nitrogens with zero attached hydrogens (tertiary/aromatic N) is 1. The molecule has 2 aromatic rings. The van der Waals surface area contributed by atoms with Gasteiger partial charge in [-0.1, -0.05) is 6.92 Å². The molecule has 1 aliphatic rings. The van der Waals surface area contributed by atoms with E-state index in [2.05, 4.69) is 10.3 Å². The molecule has 0 bridgehead atoms. The number of aromatic nitrogens is 1. The van der Waals surface area contributed by atoms with Crippen molar-refractivity contribution in [2.45, 2.75) is 31.2 Å². The van der Waals surface area contributed by atoms with E-state index < -0.39 is 47.7 Å². The lowest BCUT2D eigenvalue weighted by molar-refractivity contribution is -0.171. The fourth-order valence-corrected chi connectivity index (χ4v) is 2.97. The minimum atomic E-state index is -4.92. The highest BCUT2D eigenvalue weighted by Gasteiger charge is 2.52. The molecule has 0 radical (unpaired) electrons. The average Bonchev–Trinajstić information content (AvgIpc) is 2.89. The van der Waals surface area contributed by atoms with Crippen LogP contribution in [0.25, 0.3) is 0 Å². The van der Waals surface area contributed by atoms with E-state index in [0.29, 0.717) is 6.07 Å². The quantitative estimate of drug-likeness (QED) is 0.685.